The van der Waals surface area contributed by atoms with E-state index in [1.54, 1.807) is 48.5 Å². The fourth-order valence-electron chi connectivity index (χ4n) is 3.51. The lowest BCUT2D eigenvalue weighted by Gasteiger charge is -2.21. The molecule has 0 spiro atoms. The summed E-state index contributed by atoms with van der Waals surface area (Å²) in [6.07, 6.45) is 0. The Morgan fingerprint density at radius 1 is 0.524 bits per heavy atom. The highest BCUT2D eigenvalue weighted by Gasteiger charge is 2.23. The molecule has 0 unspecified atom stereocenters. The Balaban J connectivity index is 0.000000315. The molecule has 3 aromatic carbocycles. The zero-order chi connectivity index (χ0) is 32.1. The van der Waals surface area contributed by atoms with Crippen molar-refractivity contribution < 1.29 is 44.4 Å². The highest BCUT2D eigenvalue weighted by Crippen LogP contribution is 2.27. The summed E-state index contributed by atoms with van der Waals surface area (Å²) in [5, 5.41) is 16.7. The van der Waals surface area contributed by atoms with Gasteiger partial charge in [-0.2, -0.15) is 15.4 Å². The van der Waals surface area contributed by atoms with Crippen LogP contribution in [0.1, 0.15) is 105 Å². The second-order valence-electron chi connectivity index (χ2n) is 12.3. The van der Waals surface area contributed by atoms with E-state index in [4.69, 9.17) is 15.4 Å². The molecule has 0 aromatic heterocycles. The molecule has 2 N–H and O–H groups in total. The van der Waals surface area contributed by atoms with Crippen LogP contribution >= 0.6 is 0 Å². The van der Waals surface area contributed by atoms with Crippen molar-refractivity contribution in [2.24, 2.45) is 0 Å². The summed E-state index contributed by atoms with van der Waals surface area (Å²) in [6, 6.07) is 22.9. The van der Waals surface area contributed by atoms with Crippen molar-refractivity contribution in [3.05, 3.63) is 107 Å². The van der Waals surface area contributed by atoms with Crippen LogP contribution in [0.25, 0.3) is 0 Å². The van der Waals surface area contributed by atoms with Gasteiger partial charge in [0.1, 0.15) is 5.60 Å². The number of hydrogen-bond acceptors (Lipinski definition) is 9. The average molecular weight is 583 g/mol. The summed E-state index contributed by atoms with van der Waals surface area (Å²) in [7, 11) is 0. The zero-order valence-electron chi connectivity index (χ0n) is 25.8. The summed E-state index contributed by atoms with van der Waals surface area (Å²) in [4.78, 5) is 50.8. The minimum atomic E-state index is -0.712. The summed E-state index contributed by atoms with van der Waals surface area (Å²) in [5.74, 6) is -1.90. The number of carbonyl (C=O) groups is 3. The minimum absolute atomic E-state index is 0.148. The first-order chi connectivity index (χ1) is 19.4. The summed E-state index contributed by atoms with van der Waals surface area (Å²) in [6.45, 7) is 17.4. The van der Waals surface area contributed by atoms with E-state index < -0.39 is 23.5 Å². The molecule has 0 aliphatic rings. The topological polar surface area (TPSA) is 129 Å². The fraction of sp³-hybridized carbons (Fsp3) is 0.364. The summed E-state index contributed by atoms with van der Waals surface area (Å²) in [5.41, 5.74) is 2.24. The van der Waals surface area contributed by atoms with Crippen molar-refractivity contribution in [3.63, 3.8) is 0 Å². The Labute approximate surface area is 247 Å². The van der Waals surface area contributed by atoms with Crippen LogP contribution in [0.15, 0.2) is 78.9 Å². The van der Waals surface area contributed by atoms with Gasteiger partial charge in [-0.05, 0) is 67.0 Å². The molecule has 42 heavy (non-hydrogen) atoms. The molecular formula is C33H42O9. The third-order valence-electron chi connectivity index (χ3n) is 5.45. The summed E-state index contributed by atoms with van der Waals surface area (Å²) < 4.78 is 0. The van der Waals surface area contributed by atoms with Crippen LogP contribution in [-0.2, 0) is 30.4 Å². The smallest absolute Gasteiger partial charge is 0.295 e. The van der Waals surface area contributed by atoms with Gasteiger partial charge in [-0.25, -0.2) is 14.4 Å². The van der Waals surface area contributed by atoms with Crippen LogP contribution in [-0.4, -0.2) is 34.0 Å². The zero-order valence-corrected chi connectivity index (χ0v) is 25.8. The molecular weight excluding hydrogens is 540 g/mol. The maximum Gasteiger partial charge on any atom is 0.373 e. The van der Waals surface area contributed by atoms with Crippen LogP contribution in [0.4, 0.5) is 0 Å². The molecule has 3 aromatic rings. The third-order valence-corrected chi connectivity index (χ3v) is 5.45. The Bertz CT molecular complexity index is 1230. The molecule has 0 saturated carbocycles. The van der Waals surface area contributed by atoms with Gasteiger partial charge in [-0.3, -0.25) is 14.7 Å². The second-order valence-corrected chi connectivity index (χ2v) is 12.3. The molecule has 9 nitrogen and oxygen atoms in total. The minimum Gasteiger partial charge on any atom is -0.295 e. The van der Waals surface area contributed by atoms with Gasteiger partial charge in [-0.1, -0.05) is 96.1 Å². The van der Waals surface area contributed by atoms with E-state index in [9.17, 15) is 14.4 Å². The quantitative estimate of drug-likeness (QED) is 0.234. The molecule has 0 fully saturated rings. The highest BCUT2D eigenvalue weighted by atomic mass is 17.2. The lowest BCUT2D eigenvalue weighted by molar-refractivity contribution is -0.301. The van der Waals surface area contributed by atoms with E-state index in [1.165, 1.54) is 0 Å². The third kappa shape index (κ3) is 12.2. The Hall–Kier alpha value is -4.05. The number of carbonyl (C=O) groups excluding carboxylic acids is 3. The van der Waals surface area contributed by atoms with Crippen molar-refractivity contribution in [1.82, 2.24) is 0 Å². The van der Waals surface area contributed by atoms with Gasteiger partial charge in [0.25, 0.3) is 0 Å². The van der Waals surface area contributed by atoms with Crippen LogP contribution in [0, 0.1) is 0 Å². The Kier molecular flexibility index (Phi) is 13.5. The average Bonchev–Trinajstić information content (AvgIpc) is 2.95. The van der Waals surface area contributed by atoms with E-state index in [1.807, 2.05) is 92.6 Å². The van der Waals surface area contributed by atoms with E-state index in [0.29, 0.717) is 16.7 Å². The molecule has 9 heteroatoms. The monoisotopic (exact) mass is 582 g/mol. The predicted octanol–water partition coefficient (Wildman–Crippen LogP) is 7.80. The molecule has 0 heterocycles. The molecule has 3 rings (SSSR count). The van der Waals surface area contributed by atoms with Crippen molar-refractivity contribution >= 4 is 17.9 Å². The van der Waals surface area contributed by atoms with Gasteiger partial charge in [-0.15, -0.1) is 0 Å². The van der Waals surface area contributed by atoms with E-state index in [0.717, 1.165) is 11.1 Å². The van der Waals surface area contributed by atoms with Gasteiger partial charge < -0.3 is 0 Å². The Morgan fingerprint density at radius 2 is 0.881 bits per heavy atom. The second kappa shape index (κ2) is 15.8. The van der Waals surface area contributed by atoms with Crippen molar-refractivity contribution in [2.45, 2.75) is 78.7 Å². The number of rotatable bonds is 4. The van der Waals surface area contributed by atoms with Gasteiger partial charge in [0.15, 0.2) is 0 Å². The molecule has 0 amide bonds. The molecule has 0 aliphatic heterocycles. The predicted molar refractivity (Wildman–Crippen MR) is 159 cm³/mol. The first-order valence-corrected chi connectivity index (χ1v) is 13.3. The van der Waals surface area contributed by atoms with Crippen LogP contribution in [0.3, 0.4) is 0 Å². The van der Waals surface area contributed by atoms with E-state index >= 15 is 0 Å². The largest absolute Gasteiger partial charge is 0.373 e. The van der Waals surface area contributed by atoms with Crippen molar-refractivity contribution in [1.29, 1.82) is 0 Å². The molecule has 0 saturated heterocycles. The van der Waals surface area contributed by atoms with Crippen LogP contribution in [0.2, 0.25) is 0 Å². The standard InChI is InChI=1S/3C11H14O3/c1-11(2,3)14-13-10(12)9-7-5-4-6-8-9;2*1-11(2,3)9-7-5-4-6-8(9)10(12)14-13/h4-8H,1-3H3;2*4-7,13H,1-3H3. The van der Waals surface area contributed by atoms with Crippen molar-refractivity contribution in [3.8, 4) is 0 Å². The molecule has 0 aliphatic carbocycles. The van der Waals surface area contributed by atoms with E-state index in [-0.39, 0.29) is 10.8 Å². The van der Waals surface area contributed by atoms with Gasteiger partial charge in [0.05, 0.1) is 16.7 Å². The lowest BCUT2D eigenvalue weighted by atomic mass is 9.84. The highest BCUT2D eigenvalue weighted by molar-refractivity contribution is 5.91. The molecule has 0 atom stereocenters. The molecule has 0 radical (unpaired) electrons. The molecule has 0 bridgehead atoms. The maximum absolute atomic E-state index is 11.3. The number of benzene rings is 3. The Morgan fingerprint density at radius 3 is 1.21 bits per heavy atom. The SMILES string of the molecule is CC(C)(C)OOC(=O)c1ccccc1.CC(C)(C)c1ccccc1C(=O)OO.CC(C)(C)c1ccccc1C(=O)OO. The van der Waals surface area contributed by atoms with Gasteiger partial charge in [0.2, 0.25) is 0 Å². The fourth-order valence-corrected chi connectivity index (χ4v) is 3.51. The maximum atomic E-state index is 11.3. The normalized spacial score (nSPS) is 11.1. The van der Waals surface area contributed by atoms with Crippen LogP contribution < -0.4 is 0 Å². The summed E-state index contributed by atoms with van der Waals surface area (Å²) >= 11 is 0. The van der Waals surface area contributed by atoms with Crippen molar-refractivity contribution in [2.75, 3.05) is 0 Å². The van der Waals surface area contributed by atoms with Gasteiger partial charge in [0, 0.05) is 0 Å². The first kappa shape index (κ1) is 36.0. The van der Waals surface area contributed by atoms with E-state index in [2.05, 4.69) is 14.7 Å². The lowest BCUT2D eigenvalue weighted by Crippen LogP contribution is -2.21. The van der Waals surface area contributed by atoms with Gasteiger partial charge >= 0.3 is 17.9 Å². The van der Waals surface area contributed by atoms with Crippen LogP contribution in [0.5, 0.6) is 0 Å². The first-order valence-electron chi connectivity index (χ1n) is 13.3. The number of hydrogen-bond donors (Lipinski definition) is 2. The molecule has 228 valence electrons.